The molecule has 2 rings (SSSR count). The Morgan fingerprint density at radius 1 is 1.12 bits per heavy atom. The first-order chi connectivity index (χ1) is 7.45. The summed E-state index contributed by atoms with van der Waals surface area (Å²) in [5.41, 5.74) is 1.13. The van der Waals surface area contributed by atoms with Gasteiger partial charge in [0.2, 0.25) is 0 Å². The molecule has 94 valence electrons. The van der Waals surface area contributed by atoms with Crippen LogP contribution in [0.15, 0.2) is 0 Å². The first-order valence-corrected chi connectivity index (χ1v) is 7.15. The second-order valence-corrected chi connectivity index (χ2v) is 7.22. The molecule has 0 aromatic heterocycles. The third-order valence-electron chi connectivity index (χ3n) is 5.45. The molecule has 1 heterocycles. The lowest BCUT2D eigenvalue weighted by Gasteiger charge is -2.45. The number of nitrogens with zero attached hydrogens (tertiary/aromatic N) is 1. The molecule has 0 amide bonds. The van der Waals surface area contributed by atoms with E-state index in [1.54, 1.807) is 0 Å². The zero-order valence-corrected chi connectivity index (χ0v) is 11.7. The summed E-state index contributed by atoms with van der Waals surface area (Å²) in [6.07, 6.45) is 10.2. The second kappa shape index (κ2) is 4.33. The van der Waals surface area contributed by atoms with Gasteiger partial charge in [-0.1, -0.05) is 33.6 Å². The molecule has 1 nitrogen and oxygen atoms in total. The van der Waals surface area contributed by atoms with E-state index in [1.165, 1.54) is 51.5 Å². The maximum Gasteiger partial charge on any atom is 0.00981 e. The molecule has 0 radical (unpaired) electrons. The van der Waals surface area contributed by atoms with E-state index in [0.29, 0.717) is 10.8 Å². The second-order valence-electron chi connectivity index (χ2n) is 7.22. The average Bonchev–Trinajstić information content (AvgIpc) is 2.77. The summed E-state index contributed by atoms with van der Waals surface area (Å²) in [5, 5.41) is 0. The fraction of sp³-hybridized carbons (Fsp3) is 1.00. The Morgan fingerprint density at radius 2 is 1.75 bits per heavy atom. The van der Waals surface area contributed by atoms with Crippen LogP contribution in [0.4, 0.5) is 0 Å². The highest BCUT2D eigenvalue weighted by molar-refractivity contribution is 4.97. The van der Waals surface area contributed by atoms with Crippen molar-refractivity contribution in [3.63, 3.8) is 0 Å². The third-order valence-corrected chi connectivity index (χ3v) is 5.45. The monoisotopic (exact) mass is 223 g/mol. The molecule has 1 atom stereocenters. The molecular weight excluding hydrogens is 194 g/mol. The van der Waals surface area contributed by atoms with Crippen LogP contribution < -0.4 is 0 Å². The third kappa shape index (κ3) is 2.16. The summed E-state index contributed by atoms with van der Waals surface area (Å²) in [6.45, 7) is 8.72. The highest BCUT2D eigenvalue weighted by atomic mass is 15.1. The van der Waals surface area contributed by atoms with E-state index in [1.807, 2.05) is 0 Å². The molecule has 1 aliphatic heterocycles. The lowest BCUT2D eigenvalue weighted by atomic mass is 9.62. The van der Waals surface area contributed by atoms with Crippen LogP contribution in [0.3, 0.4) is 0 Å². The van der Waals surface area contributed by atoms with Gasteiger partial charge < -0.3 is 4.90 Å². The van der Waals surface area contributed by atoms with E-state index >= 15 is 0 Å². The van der Waals surface area contributed by atoms with Crippen LogP contribution in [0.2, 0.25) is 0 Å². The summed E-state index contributed by atoms with van der Waals surface area (Å²) >= 11 is 0. The van der Waals surface area contributed by atoms with E-state index in [4.69, 9.17) is 0 Å². The van der Waals surface area contributed by atoms with Crippen molar-refractivity contribution < 1.29 is 0 Å². The fourth-order valence-corrected chi connectivity index (χ4v) is 4.00. The summed E-state index contributed by atoms with van der Waals surface area (Å²) in [5.74, 6) is 0. The highest BCUT2D eigenvalue weighted by Gasteiger charge is 2.45. The Bertz CT molecular complexity index is 232. The van der Waals surface area contributed by atoms with E-state index in [-0.39, 0.29) is 0 Å². The normalized spacial score (nSPS) is 31.1. The van der Waals surface area contributed by atoms with Crippen LogP contribution in [-0.4, -0.2) is 24.5 Å². The Morgan fingerprint density at radius 3 is 2.19 bits per heavy atom. The molecule has 0 N–H and O–H groups in total. The molecule has 2 fully saturated rings. The van der Waals surface area contributed by atoms with Gasteiger partial charge in [-0.2, -0.15) is 0 Å². The van der Waals surface area contributed by atoms with Crippen LogP contribution in [0.25, 0.3) is 0 Å². The number of likely N-dealkylation sites (tertiary alicyclic amines) is 1. The lowest BCUT2D eigenvalue weighted by molar-refractivity contribution is 0.0532. The van der Waals surface area contributed by atoms with E-state index < -0.39 is 0 Å². The van der Waals surface area contributed by atoms with Crippen molar-refractivity contribution in [3.05, 3.63) is 0 Å². The smallest absolute Gasteiger partial charge is 0.00981 e. The molecule has 0 aromatic carbocycles. The standard InChI is InChI=1S/C15H29N/c1-14(2,3)15(9-5-6-10-15)12-13-8-7-11-16(13)4/h13H,5-12H2,1-4H3. The van der Waals surface area contributed by atoms with Crippen LogP contribution in [0.1, 0.15) is 65.7 Å². The van der Waals surface area contributed by atoms with Gasteiger partial charge in [0.05, 0.1) is 0 Å². The fourth-order valence-electron chi connectivity index (χ4n) is 4.00. The lowest BCUT2D eigenvalue weighted by Crippen LogP contribution is -2.39. The Balaban J connectivity index is 2.08. The summed E-state index contributed by atoms with van der Waals surface area (Å²) in [7, 11) is 2.32. The number of rotatable bonds is 2. The minimum Gasteiger partial charge on any atom is -0.303 e. The minimum absolute atomic E-state index is 0.493. The van der Waals surface area contributed by atoms with Crippen molar-refractivity contribution >= 4 is 0 Å². The van der Waals surface area contributed by atoms with Crippen molar-refractivity contribution in [3.8, 4) is 0 Å². The van der Waals surface area contributed by atoms with Crippen molar-refractivity contribution in [1.82, 2.24) is 4.90 Å². The van der Waals surface area contributed by atoms with Gasteiger partial charge in [-0.3, -0.25) is 0 Å². The molecule has 0 bridgehead atoms. The first kappa shape index (κ1) is 12.4. The maximum atomic E-state index is 2.60. The Labute approximate surface area is 102 Å². The van der Waals surface area contributed by atoms with Gasteiger partial charge in [-0.05, 0) is 56.5 Å². The average molecular weight is 223 g/mol. The number of hydrogen-bond donors (Lipinski definition) is 0. The number of hydrogen-bond acceptors (Lipinski definition) is 1. The van der Waals surface area contributed by atoms with Gasteiger partial charge in [0, 0.05) is 6.04 Å². The van der Waals surface area contributed by atoms with Gasteiger partial charge in [-0.25, -0.2) is 0 Å². The van der Waals surface area contributed by atoms with Crippen LogP contribution in [-0.2, 0) is 0 Å². The maximum absolute atomic E-state index is 2.60. The van der Waals surface area contributed by atoms with Gasteiger partial charge in [-0.15, -0.1) is 0 Å². The van der Waals surface area contributed by atoms with E-state index in [9.17, 15) is 0 Å². The molecule has 1 unspecified atom stereocenters. The van der Waals surface area contributed by atoms with Crippen molar-refractivity contribution in [2.75, 3.05) is 13.6 Å². The molecular formula is C15H29N. The zero-order valence-electron chi connectivity index (χ0n) is 11.7. The molecule has 2 aliphatic rings. The summed E-state index contributed by atoms with van der Waals surface area (Å²) < 4.78 is 0. The van der Waals surface area contributed by atoms with Gasteiger partial charge in [0.1, 0.15) is 0 Å². The van der Waals surface area contributed by atoms with E-state index in [2.05, 4.69) is 32.7 Å². The quantitative estimate of drug-likeness (QED) is 0.682. The highest BCUT2D eigenvalue weighted by Crippen LogP contribution is 2.54. The molecule has 16 heavy (non-hydrogen) atoms. The van der Waals surface area contributed by atoms with Crippen molar-refractivity contribution in [2.45, 2.75) is 71.8 Å². The Hall–Kier alpha value is -0.0400. The summed E-state index contributed by atoms with van der Waals surface area (Å²) in [4.78, 5) is 2.60. The molecule has 1 aliphatic carbocycles. The predicted octanol–water partition coefficient (Wildman–Crippen LogP) is 4.08. The largest absolute Gasteiger partial charge is 0.303 e. The topological polar surface area (TPSA) is 3.24 Å². The molecule has 1 heteroatoms. The van der Waals surface area contributed by atoms with Crippen LogP contribution >= 0.6 is 0 Å². The Kier molecular flexibility index (Phi) is 3.36. The predicted molar refractivity (Wildman–Crippen MR) is 70.6 cm³/mol. The SMILES string of the molecule is CN1CCCC1CC1(C(C)(C)C)CCCC1. The molecule has 0 spiro atoms. The van der Waals surface area contributed by atoms with Gasteiger partial charge >= 0.3 is 0 Å². The van der Waals surface area contributed by atoms with Crippen molar-refractivity contribution in [2.24, 2.45) is 10.8 Å². The van der Waals surface area contributed by atoms with Crippen LogP contribution in [0.5, 0.6) is 0 Å². The molecule has 1 saturated carbocycles. The van der Waals surface area contributed by atoms with Gasteiger partial charge in [0.15, 0.2) is 0 Å². The summed E-state index contributed by atoms with van der Waals surface area (Å²) in [6, 6.07) is 0.873. The van der Waals surface area contributed by atoms with E-state index in [0.717, 1.165) is 6.04 Å². The minimum atomic E-state index is 0.493. The van der Waals surface area contributed by atoms with Gasteiger partial charge in [0.25, 0.3) is 0 Å². The van der Waals surface area contributed by atoms with Crippen molar-refractivity contribution in [1.29, 1.82) is 0 Å². The zero-order chi connectivity index (χ0) is 11.8. The molecule has 0 aromatic rings. The van der Waals surface area contributed by atoms with Crippen LogP contribution in [0, 0.1) is 10.8 Å². The first-order valence-electron chi connectivity index (χ1n) is 7.15. The molecule has 1 saturated heterocycles.